The number of hydrogen-bond donors (Lipinski definition) is 2. The summed E-state index contributed by atoms with van der Waals surface area (Å²) in [4.78, 5) is 0. The first-order chi connectivity index (χ1) is 3.34. The maximum atomic E-state index is 8.42. The molecule has 2 heteroatoms. The van der Waals surface area contributed by atoms with E-state index in [0.717, 1.165) is 0 Å². The first kappa shape index (κ1) is 5.06. The standard InChI is InChI=1S/C5H11NO/c6-5(3-7)4-1-2-4/h4-5,7H,1-3,6H2. The first-order valence-corrected chi connectivity index (χ1v) is 2.71. The van der Waals surface area contributed by atoms with Crippen LogP contribution in [0.1, 0.15) is 12.8 Å². The van der Waals surface area contributed by atoms with Crippen LogP contribution in [-0.4, -0.2) is 17.8 Å². The molecule has 1 unspecified atom stereocenters. The Labute approximate surface area is 43.3 Å². The van der Waals surface area contributed by atoms with Crippen molar-refractivity contribution >= 4 is 0 Å². The van der Waals surface area contributed by atoms with Gasteiger partial charge in [0.1, 0.15) is 0 Å². The second-order valence-corrected chi connectivity index (χ2v) is 2.18. The lowest BCUT2D eigenvalue weighted by Gasteiger charge is -2.01. The van der Waals surface area contributed by atoms with Gasteiger partial charge in [-0.2, -0.15) is 0 Å². The van der Waals surface area contributed by atoms with E-state index in [-0.39, 0.29) is 12.6 Å². The SMILES string of the molecule is NC(CO)C1CC1. The molecule has 1 aliphatic carbocycles. The first-order valence-electron chi connectivity index (χ1n) is 2.71. The molecule has 0 spiro atoms. The highest BCUT2D eigenvalue weighted by Crippen LogP contribution is 2.30. The maximum absolute atomic E-state index is 8.42. The van der Waals surface area contributed by atoms with E-state index in [1.807, 2.05) is 0 Å². The summed E-state index contributed by atoms with van der Waals surface area (Å²) in [5.74, 6) is 0.644. The fourth-order valence-electron chi connectivity index (χ4n) is 0.673. The molecule has 1 rings (SSSR count). The van der Waals surface area contributed by atoms with Gasteiger partial charge in [0.2, 0.25) is 0 Å². The lowest BCUT2D eigenvalue weighted by molar-refractivity contribution is 0.254. The molecule has 42 valence electrons. The van der Waals surface area contributed by atoms with E-state index in [1.165, 1.54) is 12.8 Å². The van der Waals surface area contributed by atoms with Gasteiger partial charge in [-0.1, -0.05) is 0 Å². The molecule has 7 heavy (non-hydrogen) atoms. The van der Waals surface area contributed by atoms with Gasteiger partial charge in [0.25, 0.3) is 0 Å². The number of aliphatic hydroxyl groups excluding tert-OH is 1. The van der Waals surface area contributed by atoms with Gasteiger partial charge in [0.15, 0.2) is 0 Å². The average Bonchev–Trinajstić information content (AvgIpc) is 2.44. The summed E-state index contributed by atoms with van der Waals surface area (Å²) < 4.78 is 0. The van der Waals surface area contributed by atoms with Gasteiger partial charge < -0.3 is 10.8 Å². The summed E-state index contributed by atoms with van der Waals surface area (Å²) in [5.41, 5.74) is 5.43. The summed E-state index contributed by atoms with van der Waals surface area (Å²) in [7, 11) is 0. The Morgan fingerprint density at radius 2 is 2.29 bits per heavy atom. The second kappa shape index (κ2) is 1.80. The minimum atomic E-state index is 0.0694. The molecule has 1 aliphatic rings. The fraction of sp³-hybridized carbons (Fsp3) is 1.00. The van der Waals surface area contributed by atoms with E-state index in [9.17, 15) is 0 Å². The minimum Gasteiger partial charge on any atom is -0.395 e. The van der Waals surface area contributed by atoms with Crippen molar-refractivity contribution in [3.63, 3.8) is 0 Å². The molecule has 0 aromatic heterocycles. The Hall–Kier alpha value is -0.0800. The third kappa shape index (κ3) is 1.14. The number of hydrogen-bond acceptors (Lipinski definition) is 2. The van der Waals surface area contributed by atoms with Crippen LogP contribution in [0, 0.1) is 5.92 Å². The molecule has 0 amide bonds. The van der Waals surface area contributed by atoms with Gasteiger partial charge >= 0.3 is 0 Å². The number of aliphatic hydroxyl groups is 1. The molecule has 1 saturated carbocycles. The van der Waals surface area contributed by atoms with Gasteiger partial charge in [-0.05, 0) is 18.8 Å². The lowest BCUT2D eigenvalue weighted by atomic mass is 10.2. The number of rotatable bonds is 2. The molecule has 0 aromatic rings. The molecule has 0 radical (unpaired) electrons. The van der Waals surface area contributed by atoms with Crippen LogP contribution in [0.5, 0.6) is 0 Å². The summed E-state index contributed by atoms with van der Waals surface area (Å²) >= 11 is 0. The molecule has 0 saturated heterocycles. The normalized spacial score (nSPS) is 24.9. The summed E-state index contributed by atoms with van der Waals surface area (Å²) in [6, 6.07) is 0.0694. The van der Waals surface area contributed by atoms with Crippen molar-refractivity contribution in [3.8, 4) is 0 Å². The molecule has 0 aromatic carbocycles. The Bertz CT molecular complexity index is 61.1. The van der Waals surface area contributed by atoms with Gasteiger partial charge in [-0.3, -0.25) is 0 Å². The van der Waals surface area contributed by atoms with Crippen LogP contribution in [-0.2, 0) is 0 Å². The monoisotopic (exact) mass is 101 g/mol. The molecular formula is C5H11NO. The molecular weight excluding hydrogens is 90.1 g/mol. The molecule has 0 aliphatic heterocycles. The van der Waals surface area contributed by atoms with Gasteiger partial charge in [-0.15, -0.1) is 0 Å². The zero-order valence-electron chi connectivity index (χ0n) is 4.30. The van der Waals surface area contributed by atoms with Crippen molar-refractivity contribution in [2.75, 3.05) is 6.61 Å². The van der Waals surface area contributed by atoms with Crippen LogP contribution in [0.25, 0.3) is 0 Å². The highest BCUT2D eigenvalue weighted by molar-refractivity contribution is 4.82. The average molecular weight is 101 g/mol. The topological polar surface area (TPSA) is 46.2 Å². The van der Waals surface area contributed by atoms with E-state index in [2.05, 4.69) is 0 Å². The Balaban J connectivity index is 2.10. The van der Waals surface area contributed by atoms with E-state index in [1.54, 1.807) is 0 Å². The molecule has 1 atom stereocenters. The van der Waals surface area contributed by atoms with Crippen molar-refractivity contribution < 1.29 is 5.11 Å². The molecule has 0 heterocycles. The van der Waals surface area contributed by atoms with Crippen molar-refractivity contribution in [1.29, 1.82) is 0 Å². The zero-order chi connectivity index (χ0) is 5.28. The highest BCUT2D eigenvalue weighted by atomic mass is 16.3. The molecule has 1 fully saturated rings. The van der Waals surface area contributed by atoms with Crippen LogP contribution in [0.3, 0.4) is 0 Å². The van der Waals surface area contributed by atoms with Crippen molar-refractivity contribution in [2.45, 2.75) is 18.9 Å². The van der Waals surface area contributed by atoms with Crippen LogP contribution >= 0.6 is 0 Å². The Morgan fingerprint density at radius 1 is 1.71 bits per heavy atom. The smallest absolute Gasteiger partial charge is 0.0585 e. The third-order valence-corrected chi connectivity index (χ3v) is 1.44. The number of nitrogens with two attached hydrogens (primary N) is 1. The molecule has 0 bridgehead atoms. The minimum absolute atomic E-state index is 0.0694. The van der Waals surface area contributed by atoms with E-state index >= 15 is 0 Å². The molecule has 2 nitrogen and oxygen atoms in total. The zero-order valence-corrected chi connectivity index (χ0v) is 4.30. The summed E-state index contributed by atoms with van der Waals surface area (Å²) in [5, 5.41) is 8.42. The van der Waals surface area contributed by atoms with Crippen LogP contribution in [0.15, 0.2) is 0 Å². The van der Waals surface area contributed by atoms with Crippen molar-refractivity contribution in [2.24, 2.45) is 11.7 Å². The Morgan fingerprint density at radius 3 is 2.43 bits per heavy atom. The largest absolute Gasteiger partial charge is 0.395 e. The van der Waals surface area contributed by atoms with Crippen LogP contribution < -0.4 is 5.73 Å². The van der Waals surface area contributed by atoms with Crippen LogP contribution in [0.4, 0.5) is 0 Å². The van der Waals surface area contributed by atoms with E-state index in [4.69, 9.17) is 10.8 Å². The predicted molar refractivity (Wildman–Crippen MR) is 27.8 cm³/mol. The van der Waals surface area contributed by atoms with Gasteiger partial charge in [-0.25, -0.2) is 0 Å². The van der Waals surface area contributed by atoms with Crippen molar-refractivity contribution in [1.82, 2.24) is 0 Å². The molecule has 3 N–H and O–H groups in total. The fourth-order valence-corrected chi connectivity index (χ4v) is 0.673. The lowest BCUT2D eigenvalue weighted by Crippen LogP contribution is -2.26. The third-order valence-electron chi connectivity index (χ3n) is 1.44. The van der Waals surface area contributed by atoms with Gasteiger partial charge in [0, 0.05) is 6.04 Å². The van der Waals surface area contributed by atoms with Gasteiger partial charge in [0.05, 0.1) is 6.61 Å². The second-order valence-electron chi connectivity index (χ2n) is 2.18. The quantitative estimate of drug-likeness (QED) is 0.502. The van der Waals surface area contributed by atoms with E-state index < -0.39 is 0 Å². The highest BCUT2D eigenvalue weighted by Gasteiger charge is 2.27. The Kier molecular flexibility index (Phi) is 1.30. The predicted octanol–water partition coefficient (Wildman–Crippen LogP) is -0.284. The maximum Gasteiger partial charge on any atom is 0.0585 e. The van der Waals surface area contributed by atoms with Crippen molar-refractivity contribution in [3.05, 3.63) is 0 Å². The van der Waals surface area contributed by atoms with Crippen LogP contribution in [0.2, 0.25) is 0 Å². The summed E-state index contributed by atoms with van der Waals surface area (Å²) in [6.07, 6.45) is 2.45. The van der Waals surface area contributed by atoms with E-state index in [0.29, 0.717) is 5.92 Å². The summed E-state index contributed by atoms with van der Waals surface area (Å²) in [6.45, 7) is 0.157.